The minimum absolute atomic E-state index is 0.170. The lowest BCUT2D eigenvalue weighted by Crippen LogP contribution is -2.11. The molecule has 0 aromatic heterocycles. The zero-order valence-corrected chi connectivity index (χ0v) is 12.9. The summed E-state index contributed by atoms with van der Waals surface area (Å²) in [7, 11) is 1.61. The van der Waals surface area contributed by atoms with Gasteiger partial charge in [-0.3, -0.25) is 4.79 Å². The quantitative estimate of drug-likeness (QED) is 0.700. The van der Waals surface area contributed by atoms with Gasteiger partial charge in [0.15, 0.2) is 5.78 Å². The number of carbonyl (C=O) groups is 1. The number of carbonyl (C=O) groups excluding carboxylic acids is 1. The SMILES string of the molecule is CCCC(CCN)CCC(=O)c1cc(C)ccc1OC. The first-order valence-electron chi connectivity index (χ1n) is 7.50. The van der Waals surface area contributed by atoms with Crippen LogP contribution in [0.5, 0.6) is 5.75 Å². The van der Waals surface area contributed by atoms with Crippen LogP contribution in [-0.2, 0) is 0 Å². The summed E-state index contributed by atoms with van der Waals surface area (Å²) in [5.41, 5.74) is 7.43. The maximum Gasteiger partial charge on any atom is 0.166 e. The highest BCUT2D eigenvalue weighted by atomic mass is 16.5. The van der Waals surface area contributed by atoms with Gasteiger partial charge in [0.05, 0.1) is 12.7 Å². The molecule has 0 aliphatic carbocycles. The van der Waals surface area contributed by atoms with E-state index in [1.165, 1.54) is 0 Å². The van der Waals surface area contributed by atoms with Gasteiger partial charge >= 0.3 is 0 Å². The number of hydrogen-bond donors (Lipinski definition) is 1. The molecular formula is C17H27NO2. The topological polar surface area (TPSA) is 52.3 Å². The normalized spacial score (nSPS) is 12.2. The number of benzene rings is 1. The molecule has 112 valence electrons. The van der Waals surface area contributed by atoms with Crippen molar-refractivity contribution in [3.05, 3.63) is 29.3 Å². The van der Waals surface area contributed by atoms with Crippen molar-refractivity contribution in [2.75, 3.05) is 13.7 Å². The third-order valence-corrected chi connectivity index (χ3v) is 3.71. The predicted octanol–water partition coefficient (Wildman–Crippen LogP) is 3.73. The highest BCUT2D eigenvalue weighted by Crippen LogP contribution is 2.24. The first-order chi connectivity index (χ1) is 9.62. The second kappa shape index (κ2) is 8.75. The molecule has 0 aliphatic heterocycles. The molecular weight excluding hydrogens is 250 g/mol. The number of nitrogens with two attached hydrogens (primary N) is 1. The van der Waals surface area contributed by atoms with E-state index in [4.69, 9.17) is 10.5 Å². The smallest absolute Gasteiger partial charge is 0.166 e. The van der Waals surface area contributed by atoms with Crippen molar-refractivity contribution in [1.82, 2.24) is 0 Å². The van der Waals surface area contributed by atoms with Gasteiger partial charge in [-0.1, -0.05) is 31.4 Å². The molecule has 0 spiro atoms. The Kier molecular flexibility index (Phi) is 7.31. The fourth-order valence-electron chi connectivity index (χ4n) is 2.59. The summed E-state index contributed by atoms with van der Waals surface area (Å²) in [5.74, 6) is 1.40. The molecule has 0 radical (unpaired) electrons. The Labute approximate surface area is 122 Å². The number of methoxy groups -OCH3 is 1. The van der Waals surface area contributed by atoms with Gasteiger partial charge in [0, 0.05) is 6.42 Å². The number of ether oxygens (including phenoxy) is 1. The number of ketones is 1. The monoisotopic (exact) mass is 277 g/mol. The van der Waals surface area contributed by atoms with Crippen molar-refractivity contribution in [2.45, 2.75) is 46.0 Å². The van der Waals surface area contributed by atoms with Gasteiger partial charge in [-0.2, -0.15) is 0 Å². The van der Waals surface area contributed by atoms with Crippen LogP contribution in [0.15, 0.2) is 18.2 Å². The third-order valence-electron chi connectivity index (χ3n) is 3.71. The van der Waals surface area contributed by atoms with Crippen LogP contribution in [0.3, 0.4) is 0 Å². The Morgan fingerprint density at radius 3 is 2.65 bits per heavy atom. The molecule has 3 nitrogen and oxygen atoms in total. The second-order valence-corrected chi connectivity index (χ2v) is 5.40. The average Bonchev–Trinajstić information content (AvgIpc) is 2.45. The van der Waals surface area contributed by atoms with E-state index in [1.54, 1.807) is 7.11 Å². The summed E-state index contributed by atoms with van der Waals surface area (Å²) in [5, 5.41) is 0. The van der Waals surface area contributed by atoms with E-state index in [9.17, 15) is 4.79 Å². The Morgan fingerprint density at radius 2 is 2.05 bits per heavy atom. The lowest BCUT2D eigenvalue weighted by molar-refractivity contribution is 0.0969. The molecule has 1 aromatic carbocycles. The van der Waals surface area contributed by atoms with Crippen molar-refractivity contribution >= 4 is 5.78 Å². The van der Waals surface area contributed by atoms with Gasteiger partial charge < -0.3 is 10.5 Å². The molecule has 1 unspecified atom stereocenters. The van der Waals surface area contributed by atoms with Gasteiger partial charge in [-0.05, 0) is 44.4 Å². The van der Waals surface area contributed by atoms with Gasteiger partial charge in [-0.15, -0.1) is 0 Å². The first kappa shape index (κ1) is 16.7. The number of Topliss-reactive ketones (excluding diaryl/α,β-unsaturated/α-hetero) is 1. The van der Waals surface area contributed by atoms with Crippen molar-refractivity contribution in [2.24, 2.45) is 11.7 Å². The van der Waals surface area contributed by atoms with E-state index in [-0.39, 0.29) is 5.78 Å². The van der Waals surface area contributed by atoms with Crippen molar-refractivity contribution in [3.63, 3.8) is 0 Å². The summed E-state index contributed by atoms with van der Waals surface area (Å²) >= 11 is 0. The number of rotatable bonds is 9. The summed E-state index contributed by atoms with van der Waals surface area (Å²) in [4.78, 5) is 12.4. The lowest BCUT2D eigenvalue weighted by atomic mass is 9.92. The summed E-state index contributed by atoms with van der Waals surface area (Å²) in [6.07, 6.45) is 4.79. The van der Waals surface area contributed by atoms with E-state index in [1.807, 2.05) is 25.1 Å². The summed E-state index contributed by atoms with van der Waals surface area (Å²) in [6, 6.07) is 5.74. The predicted molar refractivity (Wildman–Crippen MR) is 83.4 cm³/mol. The molecule has 0 fully saturated rings. The molecule has 0 amide bonds. The molecule has 1 aromatic rings. The molecule has 0 bridgehead atoms. The largest absolute Gasteiger partial charge is 0.496 e. The van der Waals surface area contributed by atoms with Crippen LogP contribution < -0.4 is 10.5 Å². The van der Waals surface area contributed by atoms with Gasteiger partial charge in [-0.25, -0.2) is 0 Å². The summed E-state index contributed by atoms with van der Waals surface area (Å²) in [6.45, 7) is 4.87. The number of hydrogen-bond acceptors (Lipinski definition) is 3. The molecule has 1 atom stereocenters. The van der Waals surface area contributed by atoms with Gasteiger partial charge in [0.25, 0.3) is 0 Å². The minimum atomic E-state index is 0.170. The van der Waals surface area contributed by atoms with Crippen molar-refractivity contribution in [1.29, 1.82) is 0 Å². The van der Waals surface area contributed by atoms with Crippen LogP contribution in [0.2, 0.25) is 0 Å². The zero-order valence-electron chi connectivity index (χ0n) is 12.9. The molecule has 3 heteroatoms. The highest BCUT2D eigenvalue weighted by Gasteiger charge is 2.15. The van der Waals surface area contributed by atoms with Crippen LogP contribution >= 0.6 is 0 Å². The molecule has 20 heavy (non-hydrogen) atoms. The number of aryl methyl sites for hydroxylation is 1. The fourth-order valence-corrected chi connectivity index (χ4v) is 2.59. The van der Waals surface area contributed by atoms with E-state index < -0.39 is 0 Å². The molecule has 0 heterocycles. The second-order valence-electron chi connectivity index (χ2n) is 5.40. The summed E-state index contributed by atoms with van der Waals surface area (Å²) < 4.78 is 5.28. The third kappa shape index (κ3) is 4.97. The first-order valence-corrected chi connectivity index (χ1v) is 7.50. The molecule has 0 aliphatic rings. The van der Waals surface area contributed by atoms with Gasteiger partial charge in [0.1, 0.15) is 5.75 Å². The Balaban J connectivity index is 2.68. The fraction of sp³-hybridized carbons (Fsp3) is 0.588. The van der Waals surface area contributed by atoms with Gasteiger partial charge in [0.2, 0.25) is 0 Å². The van der Waals surface area contributed by atoms with Crippen LogP contribution in [0.25, 0.3) is 0 Å². The molecule has 0 saturated heterocycles. The minimum Gasteiger partial charge on any atom is -0.496 e. The van der Waals surface area contributed by atoms with Crippen molar-refractivity contribution < 1.29 is 9.53 Å². The zero-order chi connectivity index (χ0) is 15.0. The average molecular weight is 277 g/mol. The maximum atomic E-state index is 12.4. The van der Waals surface area contributed by atoms with E-state index in [0.717, 1.165) is 31.2 Å². The Hall–Kier alpha value is -1.35. The van der Waals surface area contributed by atoms with E-state index in [0.29, 0.717) is 30.2 Å². The highest BCUT2D eigenvalue weighted by molar-refractivity contribution is 5.98. The molecule has 2 N–H and O–H groups in total. The van der Waals surface area contributed by atoms with Crippen LogP contribution in [0.1, 0.15) is 54.9 Å². The Morgan fingerprint density at radius 1 is 1.30 bits per heavy atom. The Bertz CT molecular complexity index is 423. The van der Waals surface area contributed by atoms with Crippen molar-refractivity contribution in [3.8, 4) is 5.75 Å². The van der Waals surface area contributed by atoms with Crippen LogP contribution in [0, 0.1) is 12.8 Å². The van der Waals surface area contributed by atoms with Crippen LogP contribution in [-0.4, -0.2) is 19.4 Å². The van der Waals surface area contributed by atoms with E-state index >= 15 is 0 Å². The maximum absolute atomic E-state index is 12.4. The van der Waals surface area contributed by atoms with E-state index in [2.05, 4.69) is 6.92 Å². The lowest BCUT2D eigenvalue weighted by Gasteiger charge is -2.15. The standard InChI is InChI=1S/C17H27NO2/c1-4-5-14(10-11-18)7-8-16(19)15-12-13(2)6-9-17(15)20-3/h6,9,12,14H,4-5,7-8,10-11,18H2,1-3H3. The molecule has 1 rings (SSSR count). The van der Waals surface area contributed by atoms with Crippen LogP contribution in [0.4, 0.5) is 0 Å². The molecule has 0 saturated carbocycles.